The Morgan fingerprint density at radius 1 is 1.44 bits per heavy atom. The second-order valence-electron chi connectivity index (χ2n) is 4.86. The predicted octanol–water partition coefficient (Wildman–Crippen LogP) is -1.55. The zero-order valence-corrected chi connectivity index (χ0v) is 10.7. The van der Waals surface area contributed by atoms with Crippen molar-refractivity contribution in [2.75, 3.05) is 6.79 Å². The molecule has 7 heteroatoms. The molecular formula is C11H15B2NO4. The number of benzene rings is 1. The van der Waals surface area contributed by atoms with Crippen molar-refractivity contribution in [3.8, 4) is 11.5 Å². The van der Waals surface area contributed by atoms with Crippen molar-refractivity contribution in [3.05, 3.63) is 23.8 Å². The number of ether oxygens (including phenoxy) is 2. The third-order valence-corrected chi connectivity index (χ3v) is 2.62. The molecule has 2 N–H and O–H groups in total. The van der Waals surface area contributed by atoms with Gasteiger partial charge in [-0.2, -0.15) is 0 Å². The van der Waals surface area contributed by atoms with E-state index in [9.17, 15) is 9.90 Å². The van der Waals surface area contributed by atoms with Gasteiger partial charge in [-0.15, -0.1) is 0 Å². The van der Waals surface area contributed by atoms with Crippen LogP contribution in [0.3, 0.4) is 0 Å². The zero-order chi connectivity index (χ0) is 13.3. The molecule has 1 aliphatic heterocycles. The van der Waals surface area contributed by atoms with Crippen molar-refractivity contribution in [3.63, 3.8) is 0 Å². The highest BCUT2D eigenvalue weighted by molar-refractivity contribution is 6.38. The number of nitrogens with one attached hydrogen (secondary N) is 1. The van der Waals surface area contributed by atoms with Gasteiger partial charge in [0.2, 0.25) is 6.79 Å². The van der Waals surface area contributed by atoms with Gasteiger partial charge in [0.05, 0.1) is 6.04 Å². The summed E-state index contributed by atoms with van der Waals surface area (Å²) in [6.45, 7) is 1.90. The van der Waals surface area contributed by atoms with Crippen LogP contribution in [0.25, 0.3) is 0 Å². The van der Waals surface area contributed by atoms with Crippen molar-refractivity contribution in [2.45, 2.75) is 18.5 Å². The average Bonchev–Trinajstić information content (AvgIpc) is 2.72. The molecule has 0 fully saturated rings. The Hall–Kier alpha value is -1.46. The summed E-state index contributed by atoms with van der Waals surface area (Å²) in [6, 6.07) is 4.59. The van der Waals surface area contributed by atoms with Crippen LogP contribution >= 0.6 is 0 Å². The summed E-state index contributed by atoms with van der Waals surface area (Å²) in [4.78, 5) is 12.2. The van der Waals surface area contributed by atoms with Crippen LogP contribution in [0.1, 0.15) is 17.3 Å². The summed E-state index contributed by atoms with van der Waals surface area (Å²) < 4.78 is 10.4. The van der Waals surface area contributed by atoms with E-state index in [4.69, 9.17) is 9.47 Å². The molecule has 0 radical (unpaired) electrons. The van der Waals surface area contributed by atoms with Crippen LogP contribution < -0.4 is 14.8 Å². The molecular weight excluding hydrogens is 232 g/mol. The van der Waals surface area contributed by atoms with E-state index in [0.717, 1.165) is 0 Å². The van der Waals surface area contributed by atoms with Gasteiger partial charge in [-0.3, -0.25) is 10.1 Å². The van der Waals surface area contributed by atoms with E-state index in [2.05, 4.69) is 5.32 Å². The first kappa shape index (κ1) is 13.0. The number of carbonyl (C=O) groups is 1. The molecule has 0 aromatic heterocycles. The van der Waals surface area contributed by atoms with E-state index in [1.54, 1.807) is 40.8 Å². The molecule has 0 aliphatic carbocycles. The van der Waals surface area contributed by atoms with E-state index in [-0.39, 0.29) is 12.6 Å². The van der Waals surface area contributed by atoms with Crippen molar-refractivity contribution in [1.29, 1.82) is 0 Å². The molecule has 0 amide bonds. The minimum absolute atomic E-state index is 0.101. The van der Waals surface area contributed by atoms with Crippen LogP contribution in [0.2, 0.25) is 0 Å². The van der Waals surface area contributed by atoms with E-state index >= 15 is 0 Å². The van der Waals surface area contributed by atoms with Crippen molar-refractivity contribution in [2.24, 2.45) is 0 Å². The van der Waals surface area contributed by atoms with Gasteiger partial charge in [0.1, 0.15) is 15.7 Å². The topological polar surface area (TPSA) is 67.8 Å². The smallest absolute Gasteiger partial charge is 0.231 e. The average molecular weight is 247 g/mol. The lowest BCUT2D eigenvalue weighted by molar-refractivity contribution is 0.0889. The SMILES string of the molecule is BC(B)(O)NC(C)C(=O)c1ccc2c(c1)OCO2. The molecule has 0 saturated heterocycles. The minimum Gasteiger partial charge on any atom is -0.454 e. The first-order valence-corrected chi connectivity index (χ1v) is 5.81. The summed E-state index contributed by atoms with van der Waals surface area (Å²) in [5.74, 6) is 1.13. The molecule has 2 rings (SSSR count). The van der Waals surface area contributed by atoms with Crippen molar-refractivity contribution < 1.29 is 19.4 Å². The molecule has 94 valence electrons. The quantitative estimate of drug-likeness (QED) is 0.383. The number of aliphatic hydroxyl groups is 1. The van der Waals surface area contributed by atoms with Crippen LogP contribution in [0.4, 0.5) is 0 Å². The van der Waals surface area contributed by atoms with E-state index < -0.39 is 11.6 Å². The lowest BCUT2D eigenvalue weighted by Gasteiger charge is -2.24. The summed E-state index contributed by atoms with van der Waals surface area (Å²) in [5.41, 5.74) is -0.561. The summed E-state index contributed by atoms with van der Waals surface area (Å²) >= 11 is 0. The Bertz CT molecular complexity index is 473. The van der Waals surface area contributed by atoms with Crippen molar-refractivity contribution >= 4 is 21.5 Å². The van der Waals surface area contributed by atoms with E-state index in [0.29, 0.717) is 17.1 Å². The monoisotopic (exact) mass is 247 g/mol. The molecule has 1 aromatic rings. The number of rotatable bonds is 4. The number of hydrogen-bond donors (Lipinski definition) is 2. The lowest BCUT2D eigenvalue weighted by atomic mass is 9.73. The first-order valence-electron chi connectivity index (χ1n) is 5.81. The molecule has 1 unspecified atom stereocenters. The van der Waals surface area contributed by atoms with Crippen LogP contribution in [-0.2, 0) is 0 Å². The molecule has 5 nitrogen and oxygen atoms in total. The second-order valence-corrected chi connectivity index (χ2v) is 4.86. The van der Waals surface area contributed by atoms with Gasteiger partial charge in [-0.05, 0) is 25.1 Å². The lowest BCUT2D eigenvalue weighted by Crippen LogP contribution is -2.53. The van der Waals surface area contributed by atoms with Gasteiger partial charge >= 0.3 is 0 Å². The van der Waals surface area contributed by atoms with Crippen LogP contribution in [0, 0.1) is 0 Å². The Kier molecular flexibility index (Phi) is 3.36. The van der Waals surface area contributed by atoms with Crippen LogP contribution in [0.15, 0.2) is 18.2 Å². The highest BCUT2D eigenvalue weighted by Crippen LogP contribution is 2.32. The fourth-order valence-corrected chi connectivity index (χ4v) is 1.90. The summed E-state index contributed by atoms with van der Waals surface area (Å²) in [5, 5.41) is 12.4. The molecule has 0 saturated carbocycles. The number of Topliss-reactive ketones (excluding diaryl/α,β-unsaturated/α-hetero) is 1. The number of fused-ring (bicyclic) bond motifs is 1. The molecule has 1 aromatic carbocycles. The fourth-order valence-electron chi connectivity index (χ4n) is 1.90. The molecule has 1 aliphatic rings. The molecule has 0 bridgehead atoms. The largest absolute Gasteiger partial charge is 0.454 e. The first-order chi connectivity index (χ1) is 8.37. The maximum atomic E-state index is 12.2. The van der Waals surface area contributed by atoms with Gasteiger partial charge in [0.25, 0.3) is 0 Å². The maximum Gasteiger partial charge on any atom is 0.231 e. The van der Waals surface area contributed by atoms with Crippen LogP contribution in [-0.4, -0.2) is 44.9 Å². The number of hydrogen-bond acceptors (Lipinski definition) is 5. The Morgan fingerprint density at radius 2 is 2.11 bits per heavy atom. The van der Waals surface area contributed by atoms with Gasteiger partial charge in [-0.25, -0.2) is 0 Å². The normalized spacial score (nSPS) is 15.4. The standard InChI is InChI=1S/C11H15B2NO4/c1-6(14-11(12,13)16)10(15)7-2-3-8-9(4-7)18-5-17-8/h2-4,6,14,16H,5,12-13H2,1H3. The predicted molar refractivity (Wildman–Crippen MR) is 71.5 cm³/mol. The Morgan fingerprint density at radius 3 is 2.78 bits per heavy atom. The minimum atomic E-state index is -1.09. The molecule has 1 heterocycles. The Labute approximate surface area is 107 Å². The fraction of sp³-hybridized carbons (Fsp3) is 0.364. The zero-order valence-electron chi connectivity index (χ0n) is 10.7. The van der Waals surface area contributed by atoms with Gasteiger partial charge < -0.3 is 14.6 Å². The summed E-state index contributed by atoms with van der Waals surface area (Å²) in [6.07, 6.45) is 0. The van der Waals surface area contributed by atoms with Crippen LogP contribution in [0.5, 0.6) is 11.5 Å². The Balaban J connectivity index is 2.14. The third kappa shape index (κ3) is 2.86. The van der Waals surface area contributed by atoms with Gasteiger partial charge in [0.15, 0.2) is 17.3 Å². The summed E-state index contributed by atoms with van der Waals surface area (Å²) in [7, 11) is 3.19. The maximum absolute atomic E-state index is 12.2. The number of ketones is 1. The molecule has 18 heavy (non-hydrogen) atoms. The highest BCUT2D eigenvalue weighted by atomic mass is 16.7. The van der Waals surface area contributed by atoms with Gasteiger partial charge in [-0.1, -0.05) is 0 Å². The van der Waals surface area contributed by atoms with Gasteiger partial charge in [0, 0.05) is 11.1 Å². The second kappa shape index (κ2) is 4.66. The third-order valence-electron chi connectivity index (χ3n) is 2.62. The van der Waals surface area contributed by atoms with E-state index in [1.165, 1.54) is 0 Å². The molecule has 1 atom stereocenters. The number of carbonyl (C=O) groups excluding carboxylic acids is 1. The highest BCUT2D eigenvalue weighted by Gasteiger charge is 2.23. The molecule has 0 spiro atoms. The van der Waals surface area contributed by atoms with E-state index in [1.807, 2.05) is 0 Å². The van der Waals surface area contributed by atoms with Crippen molar-refractivity contribution in [1.82, 2.24) is 5.32 Å².